The van der Waals surface area contributed by atoms with Crippen LogP contribution in [-0.4, -0.2) is 74.3 Å². The first-order valence-corrected chi connectivity index (χ1v) is 33.7. The Morgan fingerprint density at radius 2 is 0.802 bits per heavy atom. The van der Waals surface area contributed by atoms with Crippen LogP contribution in [0.15, 0.2) is 146 Å². The van der Waals surface area contributed by atoms with Crippen molar-refractivity contribution in [2.75, 3.05) is 40.9 Å². The number of likely N-dealkylation sites (N-methyl/N-ethyl adjacent to an activating group) is 1. The van der Waals surface area contributed by atoms with E-state index in [0.717, 1.165) is 116 Å². The second kappa shape index (κ2) is 59.1. The minimum atomic E-state index is -4.48. The van der Waals surface area contributed by atoms with Gasteiger partial charge in [0.1, 0.15) is 19.3 Å². The number of quaternary nitrogens is 1. The number of carbonyl (C=O) groups is 2. The smallest absolute Gasteiger partial charge is 0.456 e. The number of esters is 1. The highest BCUT2D eigenvalue weighted by Gasteiger charge is 2.30. The molecule has 0 bridgehead atoms. The van der Waals surface area contributed by atoms with Gasteiger partial charge < -0.3 is 19.4 Å². The lowest BCUT2D eigenvalue weighted by Crippen LogP contribution is -2.47. The van der Waals surface area contributed by atoms with Crippen molar-refractivity contribution in [2.45, 2.75) is 251 Å². The van der Waals surface area contributed by atoms with Crippen LogP contribution in [0, 0.1) is 0 Å². The Labute approximate surface area is 498 Å². The number of nitrogens with zero attached hydrogens (tertiary/aromatic N) is 1. The summed E-state index contributed by atoms with van der Waals surface area (Å²) in [6.07, 6.45) is 85.8. The number of rotatable bonds is 56. The molecule has 0 aliphatic heterocycles. The van der Waals surface area contributed by atoms with Crippen LogP contribution >= 0.6 is 7.82 Å². The number of hydrogen-bond donors (Lipinski definition) is 2. The summed E-state index contributed by atoms with van der Waals surface area (Å²) in [5.41, 5.74) is 0. The first-order chi connectivity index (χ1) is 39.4. The second-order valence-corrected chi connectivity index (χ2v) is 23.6. The van der Waals surface area contributed by atoms with Gasteiger partial charge in [-0.3, -0.25) is 18.6 Å². The minimum Gasteiger partial charge on any atom is -0.456 e. The van der Waals surface area contributed by atoms with Crippen LogP contribution in [0.25, 0.3) is 0 Å². The lowest BCUT2D eigenvalue weighted by molar-refractivity contribution is -0.870. The molecule has 81 heavy (non-hydrogen) atoms. The molecular weight excluding hydrogens is 1020 g/mol. The average molecular weight is 1140 g/mol. The van der Waals surface area contributed by atoms with E-state index >= 15 is 0 Å². The van der Waals surface area contributed by atoms with Crippen molar-refractivity contribution in [2.24, 2.45) is 0 Å². The summed E-state index contributed by atoms with van der Waals surface area (Å²) in [5, 5.41) is 3.00. The summed E-state index contributed by atoms with van der Waals surface area (Å²) in [6.45, 7) is 6.70. The monoisotopic (exact) mass is 1140 g/mol. The van der Waals surface area contributed by atoms with Gasteiger partial charge in [0.2, 0.25) is 5.91 Å². The first kappa shape index (κ1) is 76.9. The quantitative estimate of drug-likeness (QED) is 0.0205. The third-order valence-electron chi connectivity index (χ3n) is 13.3. The molecule has 0 aromatic rings. The van der Waals surface area contributed by atoms with E-state index in [0.29, 0.717) is 23.9 Å². The van der Waals surface area contributed by atoms with Crippen molar-refractivity contribution in [3.63, 3.8) is 0 Å². The fraction of sp³-hybridized carbons (Fsp3) is 0.634. The van der Waals surface area contributed by atoms with Crippen molar-refractivity contribution < 1.29 is 37.3 Å². The number of carbonyl (C=O) groups excluding carboxylic acids is 2. The van der Waals surface area contributed by atoms with Crippen LogP contribution < -0.4 is 5.32 Å². The number of allylic oxidation sites excluding steroid dienone is 23. The van der Waals surface area contributed by atoms with Gasteiger partial charge in [-0.1, -0.05) is 257 Å². The molecule has 3 unspecified atom stereocenters. The van der Waals surface area contributed by atoms with Gasteiger partial charge >= 0.3 is 13.8 Å². The Balaban J connectivity index is 5.38. The van der Waals surface area contributed by atoms with E-state index in [9.17, 15) is 19.0 Å². The highest BCUT2D eigenvalue weighted by Crippen LogP contribution is 2.43. The number of phosphoric acid groups is 1. The van der Waals surface area contributed by atoms with Gasteiger partial charge in [-0.2, -0.15) is 0 Å². The lowest BCUT2D eigenvalue weighted by atomic mass is 10.0. The molecule has 0 radical (unpaired) electrons. The molecule has 0 fully saturated rings. The molecule has 2 N–H and O–H groups in total. The standard InChI is InChI=1S/C71H119N2O7P/c1-7-10-13-16-19-22-25-28-30-32-34-35-36-37-39-41-43-46-49-52-55-58-61-64-71(75)80-69(62-59-56-53-50-47-44-27-24-21-18-15-12-9-3)68(67-79-81(76,77)78-66-65-73(4,5)6)72-70(74)63-60-57-54-51-48-45-42-40-38-33-31-29-26-23-20-17-14-11-8-2/h10-11,13-14,19-20,22-23,28-31,34-35,37-40,45,48,54,57,59,62,68-69H,7-9,12,15-18,21,24-27,32-33,36,41-44,46-47,49-53,55-56,58,60-61,63-67H2,1-6H3,(H-,72,74,76,77)/p+1/b13-10-,14-11-,22-19-,23-20-,30-28-,31-29-,35-34-,39-37-,40-38-,48-45-,57-54-,62-59+. The third kappa shape index (κ3) is 60.3. The van der Waals surface area contributed by atoms with Gasteiger partial charge in [-0.15, -0.1) is 0 Å². The molecule has 460 valence electrons. The predicted octanol–water partition coefficient (Wildman–Crippen LogP) is 20.2. The number of ether oxygens (including phenoxy) is 1. The second-order valence-electron chi connectivity index (χ2n) is 22.2. The van der Waals surface area contributed by atoms with Crippen molar-refractivity contribution in [3.8, 4) is 0 Å². The molecule has 10 heteroatoms. The molecule has 0 saturated carbocycles. The Kier molecular flexibility index (Phi) is 56.1. The molecule has 0 aromatic carbocycles. The molecule has 0 rings (SSSR count). The van der Waals surface area contributed by atoms with Crippen LogP contribution in [0.1, 0.15) is 239 Å². The van der Waals surface area contributed by atoms with E-state index < -0.39 is 20.0 Å². The van der Waals surface area contributed by atoms with E-state index in [-0.39, 0.29) is 37.9 Å². The fourth-order valence-electron chi connectivity index (χ4n) is 8.40. The molecule has 0 saturated heterocycles. The summed E-state index contributed by atoms with van der Waals surface area (Å²) in [6, 6.07) is -0.905. The molecule has 0 aromatic heterocycles. The average Bonchev–Trinajstić information content (AvgIpc) is 3.44. The van der Waals surface area contributed by atoms with Crippen molar-refractivity contribution in [1.82, 2.24) is 5.32 Å². The fourth-order valence-corrected chi connectivity index (χ4v) is 9.14. The van der Waals surface area contributed by atoms with E-state index in [4.69, 9.17) is 13.8 Å². The van der Waals surface area contributed by atoms with Crippen LogP contribution in [0.3, 0.4) is 0 Å². The number of hydrogen-bond acceptors (Lipinski definition) is 6. The van der Waals surface area contributed by atoms with Crippen molar-refractivity contribution >= 4 is 19.7 Å². The van der Waals surface area contributed by atoms with Crippen molar-refractivity contribution in [1.29, 1.82) is 0 Å². The van der Waals surface area contributed by atoms with Crippen LogP contribution in [-0.2, 0) is 27.9 Å². The molecule has 0 heterocycles. The molecule has 3 atom stereocenters. The van der Waals surface area contributed by atoms with E-state index in [1.54, 1.807) is 0 Å². The minimum absolute atomic E-state index is 0.0165. The number of amides is 1. The zero-order valence-electron chi connectivity index (χ0n) is 52.5. The Bertz CT molecular complexity index is 1890. The molecule has 0 spiro atoms. The van der Waals surface area contributed by atoms with E-state index in [2.05, 4.69) is 154 Å². The SMILES string of the molecule is CC/C=C\C/C=C\C/C=C\C/C=C\C/C=C\C/C=C\CCC(=O)NC(COP(=O)(O)OCC[N+](C)(C)C)C(/C=C/CCCCCCCCCCCCC)OC(=O)CCCCCCCCC/C=C\C/C=C\C/C=C\C/C=C\C/C=C\CC. The highest BCUT2D eigenvalue weighted by molar-refractivity contribution is 7.47. The molecule has 1 amide bonds. The third-order valence-corrected chi connectivity index (χ3v) is 14.3. The van der Waals surface area contributed by atoms with E-state index in [1.165, 1.54) is 77.0 Å². The summed E-state index contributed by atoms with van der Waals surface area (Å²) < 4.78 is 30.7. The Morgan fingerprint density at radius 1 is 0.444 bits per heavy atom. The zero-order chi connectivity index (χ0) is 59.3. The van der Waals surface area contributed by atoms with Gasteiger partial charge in [-0.25, -0.2) is 4.57 Å². The number of phosphoric ester groups is 1. The molecule has 0 aliphatic rings. The maximum absolute atomic E-state index is 13.5. The highest BCUT2D eigenvalue weighted by atomic mass is 31.2. The van der Waals surface area contributed by atoms with Crippen molar-refractivity contribution in [3.05, 3.63) is 146 Å². The first-order valence-electron chi connectivity index (χ1n) is 32.2. The molecule has 0 aliphatic carbocycles. The predicted molar refractivity (Wildman–Crippen MR) is 350 cm³/mol. The zero-order valence-corrected chi connectivity index (χ0v) is 53.4. The topological polar surface area (TPSA) is 111 Å². The molecular formula is C71H120N2O7P+. The van der Waals surface area contributed by atoms with E-state index in [1.807, 2.05) is 39.4 Å². The summed E-state index contributed by atoms with van der Waals surface area (Å²) in [4.78, 5) is 37.8. The van der Waals surface area contributed by atoms with Crippen LogP contribution in [0.2, 0.25) is 0 Å². The van der Waals surface area contributed by atoms with Crippen LogP contribution in [0.4, 0.5) is 0 Å². The summed E-state index contributed by atoms with van der Waals surface area (Å²) in [5.74, 6) is -0.625. The Morgan fingerprint density at radius 3 is 1.21 bits per heavy atom. The maximum atomic E-state index is 13.5. The normalized spacial score (nSPS) is 14.6. The van der Waals surface area contributed by atoms with Crippen LogP contribution in [0.5, 0.6) is 0 Å². The van der Waals surface area contributed by atoms with Gasteiger partial charge in [0.05, 0.1) is 33.8 Å². The van der Waals surface area contributed by atoms with Gasteiger partial charge in [0.15, 0.2) is 0 Å². The number of unbranched alkanes of at least 4 members (excludes halogenated alkanes) is 18. The Hall–Kier alpha value is -4.11. The maximum Gasteiger partial charge on any atom is 0.472 e. The van der Waals surface area contributed by atoms with Gasteiger partial charge in [-0.05, 0) is 115 Å². The summed E-state index contributed by atoms with van der Waals surface area (Å²) in [7, 11) is 1.42. The van der Waals surface area contributed by atoms with Gasteiger partial charge in [0, 0.05) is 12.8 Å². The lowest BCUT2D eigenvalue weighted by Gasteiger charge is -2.27. The number of nitrogens with one attached hydrogen (secondary N) is 1. The van der Waals surface area contributed by atoms with Gasteiger partial charge in [0.25, 0.3) is 0 Å². The largest absolute Gasteiger partial charge is 0.472 e. The summed E-state index contributed by atoms with van der Waals surface area (Å²) >= 11 is 0. The molecule has 9 nitrogen and oxygen atoms in total.